The van der Waals surface area contributed by atoms with E-state index in [1.54, 1.807) is 41.3 Å². The maximum Gasteiger partial charge on any atom is 0.420 e. The van der Waals surface area contributed by atoms with Gasteiger partial charge >= 0.3 is 5.76 Å². The van der Waals surface area contributed by atoms with Gasteiger partial charge in [-0.1, -0.05) is 35.0 Å². The van der Waals surface area contributed by atoms with E-state index in [1.165, 1.54) is 4.57 Å². The van der Waals surface area contributed by atoms with E-state index in [0.717, 1.165) is 5.69 Å². The molecule has 1 fully saturated rings. The number of rotatable bonds is 4. The lowest BCUT2D eigenvalue weighted by Crippen LogP contribution is -2.24. The van der Waals surface area contributed by atoms with Crippen molar-refractivity contribution in [2.24, 2.45) is 0 Å². The fraction of sp³-hybridized carbons (Fsp3) is 0.200. The first-order chi connectivity index (χ1) is 14.1. The van der Waals surface area contributed by atoms with Crippen LogP contribution in [0.3, 0.4) is 0 Å². The van der Waals surface area contributed by atoms with E-state index >= 15 is 0 Å². The Bertz CT molecular complexity index is 1270. The number of halogens is 1. The Morgan fingerprint density at radius 3 is 2.86 bits per heavy atom. The van der Waals surface area contributed by atoms with Crippen LogP contribution >= 0.6 is 11.6 Å². The number of nitrogens with zero attached hydrogens (tertiary/aromatic N) is 4. The Hall–Kier alpha value is -3.39. The van der Waals surface area contributed by atoms with Crippen LogP contribution < -0.4 is 10.7 Å². The third-order valence-corrected chi connectivity index (χ3v) is 5.19. The Morgan fingerprint density at radius 2 is 2.00 bits per heavy atom. The molecule has 1 unspecified atom stereocenters. The highest BCUT2D eigenvalue weighted by Crippen LogP contribution is 2.32. The molecule has 0 saturated carbocycles. The maximum absolute atomic E-state index is 12.5. The Morgan fingerprint density at radius 1 is 1.14 bits per heavy atom. The number of hydrogen-bond donors (Lipinski definition) is 0. The van der Waals surface area contributed by atoms with Crippen LogP contribution in [-0.2, 0) is 11.3 Å². The molecular formula is C20H15ClN4O4. The van der Waals surface area contributed by atoms with Gasteiger partial charge in [0, 0.05) is 23.7 Å². The SMILES string of the molecule is O=C1CC(c2nc(Cn3c(=O)oc4ccccc43)no2)CN1c1cccc(Cl)c1. The lowest BCUT2D eigenvalue weighted by atomic mass is 10.1. The molecule has 1 saturated heterocycles. The normalized spacial score (nSPS) is 16.8. The lowest BCUT2D eigenvalue weighted by molar-refractivity contribution is -0.117. The second kappa shape index (κ2) is 6.89. The largest absolute Gasteiger partial charge is 0.420 e. The zero-order valence-electron chi connectivity index (χ0n) is 15.1. The summed E-state index contributed by atoms with van der Waals surface area (Å²) in [7, 11) is 0. The van der Waals surface area contributed by atoms with Crippen molar-refractivity contribution in [3.63, 3.8) is 0 Å². The monoisotopic (exact) mass is 410 g/mol. The van der Waals surface area contributed by atoms with E-state index in [0.29, 0.717) is 34.4 Å². The molecule has 9 heteroatoms. The van der Waals surface area contributed by atoms with Gasteiger partial charge in [0.2, 0.25) is 11.8 Å². The first kappa shape index (κ1) is 17.7. The average molecular weight is 411 g/mol. The van der Waals surface area contributed by atoms with E-state index in [-0.39, 0.29) is 24.8 Å². The number of carbonyl (C=O) groups excluding carboxylic acids is 1. The summed E-state index contributed by atoms with van der Waals surface area (Å²) in [5, 5.41) is 4.55. The summed E-state index contributed by atoms with van der Waals surface area (Å²) in [5.41, 5.74) is 1.90. The second-order valence-electron chi connectivity index (χ2n) is 6.86. The van der Waals surface area contributed by atoms with Gasteiger partial charge in [0.05, 0.1) is 18.0 Å². The number of amides is 1. The zero-order valence-corrected chi connectivity index (χ0v) is 15.9. The van der Waals surface area contributed by atoms with Crippen molar-refractivity contribution in [3.05, 3.63) is 75.8 Å². The van der Waals surface area contributed by atoms with Crippen molar-refractivity contribution < 1.29 is 13.7 Å². The van der Waals surface area contributed by atoms with Gasteiger partial charge in [0.15, 0.2) is 11.4 Å². The van der Waals surface area contributed by atoms with Crippen molar-refractivity contribution in [1.29, 1.82) is 0 Å². The van der Waals surface area contributed by atoms with Crippen LogP contribution in [0.25, 0.3) is 11.1 Å². The topological polar surface area (TPSA) is 94.4 Å². The molecule has 0 radical (unpaired) electrons. The second-order valence-corrected chi connectivity index (χ2v) is 7.29. The fourth-order valence-corrected chi connectivity index (χ4v) is 3.75. The molecule has 4 aromatic rings. The number of para-hydroxylation sites is 2. The predicted molar refractivity (Wildman–Crippen MR) is 105 cm³/mol. The summed E-state index contributed by atoms with van der Waals surface area (Å²) < 4.78 is 12.1. The van der Waals surface area contributed by atoms with Crippen LogP contribution in [0.2, 0.25) is 5.02 Å². The maximum atomic E-state index is 12.5. The quantitative estimate of drug-likeness (QED) is 0.512. The minimum atomic E-state index is -0.485. The summed E-state index contributed by atoms with van der Waals surface area (Å²) in [6.45, 7) is 0.549. The van der Waals surface area contributed by atoms with Gasteiger partial charge in [0.25, 0.3) is 0 Å². The molecule has 1 aliphatic heterocycles. The first-order valence-electron chi connectivity index (χ1n) is 9.05. The molecule has 1 amide bonds. The van der Waals surface area contributed by atoms with Crippen molar-refractivity contribution in [2.45, 2.75) is 18.9 Å². The Kier molecular flexibility index (Phi) is 4.21. The third-order valence-electron chi connectivity index (χ3n) is 4.95. The summed E-state index contributed by atoms with van der Waals surface area (Å²) in [4.78, 5) is 30.7. The Balaban J connectivity index is 1.37. The number of fused-ring (bicyclic) bond motifs is 1. The summed E-state index contributed by atoms with van der Waals surface area (Å²) >= 11 is 6.04. The van der Waals surface area contributed by atoms with Gasteiger partial charge in [-0.3, -0.25) is 9.36 Å². The van der Waals surface area contributed by atoms with E-state index in [9.17, 15) is 9.59 Å². The van der Waals surface area contributed by atoms with E-state index < -0.39 is 5.76 Å². The fourth-order valence-electron chi connectivity index (χ4n) is 3.57. The number of anilines is 1. The minimum Gasteiger partial charge on any atom is -0.408 e. The van der Waals surface area contributed by atoms with Crippen molar-refractivity contribution in [2.75, 3.05) is 11.4 Å². The molecule has 0 aliphatic carbocycles. The highest BCUT2D eigenvalue weighted by Gasteiger charge is 2.35. The lowest BCUT2D eigenvalue weighted by Gasteiger charge is -2.16. The van der Waals surface area contributed by atoms with Gasteiger partial charge in [0.1, 0.15) is 0 Å². The number of oxazole rings is 1. The average Bonchev–Trinajstić information content (AvgIpc) is 3.40. The molecular weight excluding hydrogens is 396 g/mol. The molecule has 0 N–H and O–H groups in total. The molecule has 2 aromatic heterocycles. The minimum absolute atomic E-state index is 0.0333. The molecule has 1 atom stereocenters. The highest BCUT2D eigenvalue weighted by atomic mass is 35.5. The van der Waals surface area contributed by atoms with Gasteiger partial charge in [-0.2, -0.15) is 4.98 Å². The van der Waals surface area contributed by atoms with Crippen molar-refractivity contribution >= 4 is 34.3 Å². The third kappa shape index (κ3) is 3.21. The highest BCUT2D eigenvalue weighted by molar-refractivity contribution is 6.30. The molecule has 0 bridgehead atoms. The smallest absolute Gasteiger partial charge is 0.408 e. The molecule has 3 heterocycles. The summed E-state index contributed by atoms with van der Waals surface area (Å²) in [6.07, 6.45) is 0.267. The van der Waals surface area contributed by atoms with E-state index in [1.807, 2.05) is 12.1 Å². The molecule has 1 aliphatic rings. The van der Waals surface area contributed by atoms with E-state index in [4.69, 9.17) is 20.5 Å². The Labute approximate surface area is 169 Å². The van der Waals surface area contributed by atoms with Gasteiger partial charge in [-0.05, 0) is 30.3 Å². The van der Waals surface area contributed by atoms with Crippen molar-refractivity contribution in [3.8, 4) is 0 Å². The molecule has 5 rings (SSSR count). The standard InChI is InChI=1S/C20H15ClN4O4/c21-13-4-3-5-14(9-13)24-10-12(8-18(24)26)19-22-17(23-29-19)11-25-15-6-1-2-7-16(15)28-20(25)27/h1-7,9,12H,8,10-11H2. The van der Waals surface area contributed by atoms with Crippen LogP contribution in [-0.4, -0.2) is 27.2 Å². The van der Waals surface area contributed by atoms with Crippen LogP contribution in [0, 0.1) is 0 Å². The van der Waals surface area contributed by atoms with E-state index in [2.05, 4.69) is 10.1 Å². The zero-order chi connectivity index (χ0) is 20.0. The van der Waals surface area contributed by atoms with Crippen LogP contribution in [0.4, 0.5) is 5.69 Å². The summed E-state index contributed by atoms with van der Waals surface area (Å²) in [5.74, 6) is -0.0172. The van der Waals surface area contributed by atoms with Crippen LogP contribution in [0.5, 0.6) is 0 Å². The molecule has 29 heavy (non-hydrogen) atoms. The molecule has 8 nitrogen and oxygen atoms in total. The number of carbonyl (C=O) groups is 1. The van der Waals surface area contributed by atoms with Crippen LogP contribution in [0.1, 0.15) is 24.1 Å². The van der Waals surface area contributed by atoms with Crippen molar-refractivity contribution in [1.82, 2.24) is 14.7 Å². The molecule has 0 spiro atoms. The molecule has 146 valence electrons. The number of aromatic nitrogens is 3. The molecule has 2 aromatic carbocycles. The van der Waals surface area contributed by atoms with Gasteiger partial charge in [-0.25, -0.2) is 4.79 Å². The summed E-state index contributed by atoms with van der Waals surface area (Å²) in [6, 6.07) is 14.3. The number of hydrogen-bond acceptors (Lipinski definition) is 6. The van der Waals surface area contributed by atoms with Gasteiger partial charge in [-0.15, -0.1) is 0 Å². The first-order valence-corrected chi connectivity index (χ1v) is 9.43. The number of benzene rings is 2. The van der Waals surface area contributed by atoms with Crippen LogP contribution in [0.15, 0.2) is 62.3 Å². The predicted octanol–water partition coefficient (Wildman–Crippen LogP) is 3.20. The van der Waals surface area contributed by atoms with Gasteiger partial charge < -0.3 is 13.8 Å².